The minimum atomic E-state index is -0.249. The van der Waals surface area contributed by atoms with Crippen LogP contribution in [0.4, 0.5) is 5.69 Å². The fourth-order valence-corrected chi connectivity index (χ4v) is 5.63. The van der Waals surface area contributed by atoms with Crippen LogP contribution in [0.2, 0.25) is 0 Å². The number of nitrogens with zero attached hydrogens (tertiary/aromatic N) is 1. The maximum Gasteiger partial charge on any atom is 0.287 e. The lowest BCUT2D eigenvalue weighted by molar-refractivity contribution is -0.117. The number of furan rings is 1. The summed E-state index contributed by atoms with van der Waals surface area (Å²) in [6, 6.07) is 15.1. The van der Waals surface area contributed by atoms with Crippen molar-refractivity contribution in [2.24, 2.45) is 5.92 Å². The predicted octanol–water partition coefficient (Wildman–Crippen LogP) is 6.33. The Hall–Kier alpha value is -3.10. The van der Waals surface area contributed by atoms with Crippen molar-refractivity contribution in [2.45, 2.75) is 42.8 Å². The highest BCUT2D eigenvalue weighted by atomic mass is 32.2. The fraction of sp³-hybridized carbons (Fsp3) is 0.269. The average molecular weight is 492 g/mol. The quantitative estimate of drug-likeness (QED) is 0.281. The first kappa shape index (κ1) is 22.7. The van der Waals surface area contributed by atoms with Crippen molar-refractivity contribution in [1.82, 2.24) is 10.3 Å². The van der Waals surface area contributed by atoms with E-state index in [1.807, 2.05) is 67.8 Å². The van der Waals surface area contributed by atoms with Gasteiger partial charge in [0, 0.05) is 39.4 Å². The van der Waals surface area contributed by atoms with Crippen molar-refractivity contribution in [2.75, 3.05) is 5.32 Å². The van der Waals surface area contributed by atoms with E-state index < -0.39 is 0 Å². The molecule has 2 amide bonds. The third-order valence-electron chi connectivity index (χ3n) is 5.82. The van der Waals surface area contributed by atoms with Gasteiger partial charge in [0.1, 0.15) is 9.92 Å². The monoisotopic (exact) mass is 491 g/mol. The largest absolute Gasteiger partial charge is 0.451 e. The Morgan fingerprint density at radius 3 is 2.65 bits per heavy atom. The topological polar surface area (TPSA) is 84.2 Å². The minimum Gasteiger partial charge on any atom is -0.451 e. The number of nitrogens with one attached hydrogen (secondary N) is 2. The van der Waals surface area contributed by atoms with Crippen LogP contribution in [0, 0.1) is 12.8 Å². The Kier molecular flexibility index (Phi) is 6.43. The number of thiazole rings is 1. The number of hydrogen-bond donors (Lipinski definition) is 2. The first-order valence-corrected chi connectivity index (χ1v) is 13.1. The van der Waals surface area contributed by atoms with Gasteiger partial charge in [-0.25, -0.2) is 4.98 Å². The molecule has 1 saturated carbocycles. The van der Waals surface area contributed by atoms with Gasteiger partial charge >= 0.3 is 0 Å². The highest BCUT2D eigenvalue weighted by Crippen LogP contribution is 2.34. The molecule has 1 aliphatic rings. The molecule has 1 unspecified atom stereocenters. The Balaban J connectivity index is 1.31. The number of thioether (sulfide) groups is 1. The molecule has 0 radical (unpaired) electrons. The van der Waals surface area contributed by atoms with Gasteiger partial charge in [-0.2, -0.15) is 0 Å². The lowest BCUT2D eigenvalue weighted by Gasteiger charge is -2.15. The van der Waals surface area contributed by atoms with Gasteiger partial charge in [0.25, 0.3) is 5.91 Å². The molecule has 2 aromatic heterocycles. The molecule has 34 heavy (non-hydrogen) atoms. The molecule has 1 aliphatic carbocycles. The summed E-state index contributed by atoms with van der Waals surface area (Å²) in [6.07, 6.45) is 1.94. The Morgan fingerprint density at radius 1 is 1.18 bits per heavy atom. The zero-order valence-corrected chi connectivity index (χ0v) is 20.6. The van der Waals surface area contributed by atoms with Crippen LogP contribution in [0.5, 0.6) is 0 Å². The second kappa shape index (κ2) is 9.64. The summed E-state index contributed by atoms with van der Waals surface area (Å²) in [5.41, 5.74) is 4.28. The summed E-state index contributed by atoms with van der Waals surface area (Å²) in [7, 11) is 0. The van der Waals surface area contributed by atoms with E-state index in [9.17, 15) is 9.59 Å². The molecular weight excluding hydrogens is 466 g/mol. The van der Waals surface area contributed by atoms with Crippen LogP contribution in [-0.4, -0.2) is 16.8 Å². The number of fused-ring (bicyclic) bond motifs is 1. The SMILES string of the molecule is Cc1csc(SCc2c(C(=O)NC(C)c3ccc(NC(=O)C4CC4)cc3)oc3ccccc23)n1. The van der Waals surface area contributed by atoms with E-state index >= 15 is 0 Å². The zero-order valence-electron chi connectivity index (χ0n) is 19.0. The van der Waals surface area contributed by atoms with Crippen LogP contribution in [0.1, 0.15) is 53.2 Å². The van der Waals surface area contributed by atoms with Gasteiger partial charge in [0.05, 0.1) is 6.04 Å². The number of anilines is 1. The van der Waals surface area contributed by atoms with E-state index in [-0.39, 0.29) is 23.8 Å². The number of hydrogen-bond acceptors (Lipinski definition) is 6. The molecule has 4 aromatic rings. The first-order valence-electron chi connectivity index (χ1n) is 11.2. The van der Waals surface area contributed by atoms with Crippen molar-refractivity contribution >= 4 is 51.6 Å². The van der Waals surface area contributed by atoms with Crippen molar-refractivity contribution < 1.29 is 14.0 Å². The van der Waals surface area contributed by atoms with Crippen LogP contribution in [-0.2, 0) is 10.5 Å². The van der Waals surface area contributed by atoms with E-state index in [1.54, 1.807) is 23.1 Å². The standard InChI is InChI=1S/C26H25N3O3S2/c1-15-13-33-26(27-15)34-14-21-20-5-3-4-6-22(20)32-23(21)25(31)28-16(2)17-9-11-19(12-10-17)29-24(30)18-7-8-18/h3-6,9-13,16,18H,7-8,14H2,1-2H3,(H,28,31)(H,29,30). The van der Waals surface area contributed by atoms with E-state index in [4.69, 9.17) is 4.42 Å². The maximum atomic E-state index is 13.2. The average Bonchev–Trinajstić information content (AvgIpc) is 3.51. The smallest absolute Gasteiger partial charge is 0.287 e. The number of rotatable bonds is 8. The molecule has 0 spiro atoms. The van der Waals surface area contributed by atoms with E-state index in [1.165, 1.54) is 0 Å². The lowest BCUT2D eigenvalue weighted by atomic mass is 10.1. The van der Waals surface area contributed by atoms with Crippen LogP contribution in [0.15, 0.2) is 62.7 Å². The number of aromatic nitrogens is 1. The third-order valence-corrected chi connectivity index (χ3v) is 7.98. The van der Waals surface area contributed by atoms with E-state index in [2.05, 4.69) is 15.6 Å². The highest BCUT2D eigenvalue weighted by molar-refractivity contribution is 8.00. The molecular formula is C26H25N3O3S2. The molecule has 5 rings (SSSR count). The summed E-state index contributed by atoms with van der Waals surface area (Å²) < 4.78 is 6.96. The van der Waals surface area contributed by atoms with Crippen molar-refractivity contribution in [3.05, 3.63) is 76.5 Å². The van der Waals surface area contributed by atoms with Crippen LogP contribution in [0.25, 0.3) is 11.0 Å². The van der Waals surface area contributed by atoms with Gasteiger partial charge < -0.3 is 15.1 Å². The van der Waals surface area contributed by atoms with Gasteiger partial charge in [-0.15, -0.1) is 11.3 Å². The summed E-state index contributed by atoms with van der Waals surface area (Å²) in [6.45, 7) is 3.91. The molecule has 174 valence electrons. The third kappa shape index (κ3) is 5.03. The van der Waals surface area contributed by atoms with Gasteiger partial charge in [0.2, 0.25) is 5.91 Å². The summed E-state index contributed by atoms with van der Waals surface area (Å²) in [4.78, 5) is 29.7. The van der Waals surface area contributed by atoms with Crippen LogP contribution >= 0.6 is 23.1 Å². The number of para-hydroxylation sites is 1. The minimum absolute atomic E-state index is 0.0808. The first-order chi connectivity index (χ1) is 16.5. The number of benzene rings is 2. The Labute approximate surface area is 206 Å². The number of carbonyl (C=O) groups is 2. The number of amides is 2. The molecule has 0 aliphatic heterocycles. The molecule has 1 fully saturated rings. The molecule has 2 heterocycles. The van der Waals surface area contributed by atoms with Gasteiger partial charge in [0.15, 0.2) is 5.76 Å². The molecule has 1 atom stereocenters. The number of aryl methyl sites for hydroxylation is 1. The molecule has 0 saturated heterocycles. The second-order valence-electron chi connectivity index (χ2n) is 8.53. The molecule has 2 aromatic carbocycles. The Bertz CT molecular complexity index is 1340. The van der Waals surface area contributed by atoms with Crippen LogP contribution in [0.3, 0.4) is 0 Å². The molecule has 2 N–H and O–H groups in total. The molecule has 0 bridgehead atoms. The number of carbonyl (C=O) groups excluding carboxylic acids is 2. The zero-order chi connectivity index (χ0) is 23.7. The summed E-state index contributed by atoms with van der Waals surface area (Å²) in [5, 5.41) is 8.97. The highest BCUT2D eigenvalue weighted by Gasteiger charge is 2.29. The fourth-order valence-electron chi connectivity index (χ4n) is 3.75. The van der Waals surface area contributed by atoms with Gasteiger partial charge in [-0.3, -0.25) is 9.59 Å². The van der Waals surface area contributed by atoms with Crippen molar-refractivity contribution in [3.8, 4) is 0 Å². The normalized spacial score (nSPS) is 14.2. The van der Waals surface area contributed by atoms with Crippen molar-refractivity contribution in [3.63, 3.8) is 0 Å². The van der Waals surface area contributed by atoms with E-state index in [0.29, 0.717) is 17.1 Å². The van der Waals surface area contributed by atoms with Crippen molar-refractivity contribution in [1.29, 1.82) is 0 Å². The Morgan fingerprint density at radius 2 is 1.94 bits per heavy atom. The predicted molar refractivity (Wildman–Crippen MR) is 136 cm³/mol. The maximum absolute atomic E-state index is 13.2. The second-order valence-corrected chi connectivity index (χ2v) is 10.6. The van der Waals surface area contributed by atoms with Gasteiger partial charge in [-0.05, 0) is 50.5 Å². The lowest BCUT2D eigenvalue weighted by Crippen LogP contribution is -2.27. The molecule has 6 nitrogen and oxygen atoms in total. The summed E-state index contributed by atoms with van der Waals surface area (Å²) >= 11 is 3.21. The van der Waals surface area contributed by atoms with Crippen LogP contribution < -0.4 is 10.6 Å². The van der Waals surface area contributed by atoms with E-state index in [0.717, 1.165) is 45.1 Å². The molecule has 8 heteroatoms. The van der Waals surface area contributed by atoms with Gasteiger partial charge in [-0.1, -0.05) is 42.1 Å². The summed E-state index contributed by atoms with van der Waals surface area (Å²) in [5.74, 6) is 0.921.